The minimum absolute atomic E-state index is 0.216. The van der Waals surface area contributed by atoms with Gasteiger partial charge in [-0.3, -0.25) is 0 Å². The molecule has 0 saturated carbocycles. The van der Waals surface area contributed by atoms with Crippen LogP contribution in [0.2, 0.25) is 0 Å². The number of halogens is 1. The van der Waals surface area contributed by atoms with Crippen molar-refractivity contribution in [3.05, 3.63) is 68.8 Å². The minimum Gasteiger partial charge on any atom is -0.0845 e. The third kappa shape index (κ3) is 3.26. The van der Waals surface area contributed by atoms with E-state index >= 15 is 0 Å². The molecule has 0 spiro atoms. The number of benzene rings is 1. The standard InChI is InChI=1S/C22H25I/c1-4-5-6-7-8-9-16-10-12-18-19-13-11-17(23)15-21(19)22(2,3)20(18)14-16/h6-14,21H,4-5,15H2,1-3H3/b7-6-,9-8+. The van der Waals surface area contributed by atoms with Crippen molar-refractivity contribution in [3.8, 4) is 0 Å². The molecule has 0 radical (unpaired) electrons. The molecule has 2 aliphatic rings. The third-order valence-electron chi connectivity index (χ3n) is 5.13. The molecular formula is C22H25I. The van der Waals surface area contributed by atoms with Gasteiger partial charge in [-0.05, 0) is 72.6 Å². The van der Waals surface area contributed by atoms with E-state index in [0.29, 0.717) is 5.92 Å². The van der Waals surface area contributed by atoms with Crippen LogP contribution >= 0.6 is 22.6 Å². The highest BCUT2D eigenvalue weighted by molar-refractivity contribution is 14.1. The second-order valence-electron chi connectivity index (χ2n) is 7.09. The summed E-state index contributed by atoms with van der Waals surface area (Å²) in [4.78, 5) is 0. The van der Waals surface area contributed by atoms with E-state index in [1.165, 1.54) is 38.7 Å². The van der Waals surface area contributed by atoms with E-state index in [2.05, 4.69) is 98.0 Å². The lowest BCUT2D eigenvalue weighted by Crippen LogP contribution is -2.24. The molecule has 2 aliphatic carbocycles. The molecule has 1 aromatic carbocycles. The summed E-state index contributed by atoms with van der Waals surface area (Å²) in [5.74, 6) is 0.623. The van der Waals surface area contributed by atoms with Crippen LogP contribution < -0.4 is 0 Å². The summed E-state index contributed by atoms with van der Waals surface area (Å²) in [5.41, 5.74) is 6.02. The van der Waals surface area contributed by atoms with Crippen molar-refractivity contribution < 1.29 is 0 Å². The minimum atomic E-state index is 0.216. The molecule has 0 N–H and O–H groups in total. The van der Waals surface area contributed by atoms with Crippen molar-refractivity contribution in [3.63, 3.8) is 0 Å². The molecule has 0 heterocycles. The largest absolute Gasteiger partial charge is 0.0845 e. The van der Waals surface area contributed by atoms with Crippen molar-refractivity contribution >= 4 is 34.2 Å². The summed E-state index contributed by atoms with van der Waals surface area (Å²) < 4.78 is 1.47. The molecule has 1 atom stereocenters. The number of hydrogen-bond acceptors (Lipinski definition) is 0. The van der Waals surface area contributed by atoms with Crippen LogP contribution in [0.25, 0.3) is 11.6 Å². The monoisotopic (exact) mass is 416 g/mol. The molecule has 0 nitrogen and oxygen atoms in total. The summed E-state index contributed by atoms with van der Waals surface area (Å²) in [5, 5.41) is 0. The summed E-state index contributed by atoms with van der Waals surface area (Å²) >= 11 is 2.48. The van der Waals surface area contributed by atoms with Gasteiger partial charge in [0.25, 0.3) is 0 Å². The molecule has 0 fully saturated rings. The number of unbranched alkanes of at least 4 members (excludes halogenated alkanes) is 1. The quantitative estimate of drug-likeness (QED) is 0.364. The predicted octanol–water partition coefficient (Wildman–Crippen LogP) is 7.07. The zero-order valence-corrected chi connectivity index (χ0v) is 16.4. The van der Waals surface area contributed by atoms with Gasteiger partial charge in [-0.25, -0.2) is 0 Å². The fourth-order valence-corrected chi connectivity index (χ4v) is 4.36. The molecule has 0 aromatic heterocycles. The lowest BCUT2D eigenvalue weighted by Gasteiger charge is -2.30. The Morgan fingerprint density at radius 1 is 1.22 bits per heavy atom. The van der Waals surface area contributed by atoms with Gasteiger partial charge in [-0.1, -0.05) is 81.8 Å². The third-order valence-corrected chi connectivity index (χ3v) is 5.93. The van der Waals surface area contributed by atoms with Crippen LogP contribution in [0, 0.1) is 5.92 Å². The molecule has 0 amide bonds. The SMILES string of the molecule is CCC/C=C\C=C\c1ccc2c(c1)C(C)(C)C1CC(I)=CC=C21. The van der Waals surface area contributed by atoms with Gasteiger partial charge in [0.2, 0.25) is 0 Å². The Balaban J connectivity index is 1.91. The van der Waals surface area contributed by atoms with E-state index in [1.807, 2.05) is 0 Å². The fraction of sp³-hybridized carbons (Fsp3) is 0.364. The number of hydrogen-bond donors (Lipinski definition) is 0. The van der Waals surface area contributed by atoms with Crippen LogP contribution in [0.4, 0.5) is 0 Å². The summed E-state index contributed by atoms with van der Waals surface area (Å²) in [6, 6.07) is 6.97. The topological polar surface area (TPSA) is 0 Å². The summed E-state index contributed by atoms with van der Waals surface area (Å²) in [6.45, 7) is 7.02. The Hall–Kier alpha value is -1.09. The van der Waals surface area contributed by atoms with Crippen LogP contribution in [0.1, 0.15) is 56.7 Å². The zero-order valence-electron chi connectivity index (χ0n) is 14.3. The Morgan fingerprint density at radius 3 is 2.83 bits per heavy atom. The van der Waals surface area contributed by atoms with Gasteiger partial charge >= 0.3 is 0 Å². The normalized spacial score (nSPS) is 22.2. The first kappa shape index (κ1) is 16.8. The van der Waals surface area contributed by atoms with Crippen LogP contribution in [0.3, 0.4) is 0 Å². The highest BCUT2D eigenvalue weighted by Gasteiger charge is 2.43. The van der Waals surface area contributed by atoms with Crippen molar-refractivity contribution in [2.24, 2.45) is 5.92 Å². The summed E-state index contributed by atoms with van der Waals surface area (Å²) in [7, 11) is 0. The molecule has 120 valence electrons. The first-order chi connectivity index (χ1) is 11.0. The van der Waals surface area contributed by atoms with Crippen LogP contribution in [-0.2, 0) is 5.41 Å². The number of rotatable bonds is 4. The molecule has 1 aromatic rings. The lowest BCUT2D eigenvalue weighted by molar-refractivity contribution is 0.414. The molecule has 1 unspecified atom stereocenters. The van der Waals surface area contributed by atoms with E-state index in [4.69, 9.17) is 0 Å². The first-order valence-corrected chi connectivity index (χ1v) is 9.66. The van der Waals surface area contributed by atoms with Gasteiger partial charge in [0.15, 0.2) is 0 Å². The maximum absolute atomic E-state index is 2.48. The predicted molar refractivity (Wildman–Crippen MR) is 111 cm³/mol. The highest BCUT2D eigenvalue weighted by Crippen LogP contribution is 2.54. The van der Waals surface area contributed by atoms with Gasteiger partial charge in [-0.2, -0.15) is 0 Å². The van der Waals surface area contributed by atoms with Crippen LogP contribution in [-0.4, -0.2) is 0 Å². The molecule has 3 rings (SSSR count). The van der Waals surface area contributed by atoms with Crippen molar-refractivity contribution in [2.45, 2.75) is 45.4 Å². The second-order valence-corrected chi connectivity index (χ2v) is 8.48. The average Bonchev–Trinajstić information content (AvgIpc) is 2.75. The van der Waals surface area contributed by atoms with Crippen molar-refractivity contribution in [1.82, 2.24) is 0 Å². The van der Waals surface area contributed by atoms with Crippen LogP contribution in [0.5, 0.6) is 0 Å². The van der Waals surface area contributed by atoms with Gasteiger partial charge in [0.05, 0.1) is 0 Å². The Bertz CT molecular complexity index is 713. The number of fused-ring (bicyclic) bond motifs is 3. The van der Waals surface area contributed by atoms with Gasteiger partial charge in [0, 0.05) is 0 Å². The van der Waals surface area contributed by atoms with E-state index in [0.717, 1.165) is 6.42 Å². The van der Waals surface area contributed by atoms with E-state index in [1.54, 1.807) is 0 Å². The Kier molecular flexibility index (Phi) is 4.96. The second kappa shape index (κ2) is 6.80. The maximum Gasteiger partial charge on any atom is -0.00189 e. The molecule has 0 bridgehead atoms. The number of allylic oxidation sites excluding steroid dienone is 7. The van der Waals surface area contributed by atoms with Crippen molar-refractivity contribution in [1.29, 1.82) is 0 Å². The zero-order chi connectivity index (χ0) is 16.4. The fourth-order valence-electron chi connectivity index (χ4n) is 3.74. The first-order valence-electron chi connectivity index (χ1n) is 8.58. The highest BCUT2D eigenvalue weighted by atomic mass is 127. The average molecular weight is 416 g/mol. The van der Waals surface area contributed by atoms with E-state index in [9.17, 15) is 0 Å². The molecule has 0 saturated heterocycles. The molecule has 1 heteroatoms. The smallest absolute Gasteiger partial charge is 0.00189 e. The summed E-state index contributed by atoms with van der Waals surface area (Å²) in [6.07, 6.45) is 17.0. The lowest BCUT2D eigenvalue weighted by atomic mass is 9.74. The van der Waals surface area contributed by atoms with Crippen LogP contribution in [0.15, 0.2) is 52.2 Å². The van der Waals surface area contributed by atoms with Gasteiger partial charge in [-0.15, -0.1) is 0 Å². The van der Waals surface area contributed by atoms with E-state index < -0.39 is 0 Å². The van der Waals surface area contributed by atoms with Crippen molar-refractivity contribution in [2.75, 3.05) is 0 Å². The van der Waals surface area contributed by atoms with Gasteiger partial charge < -0.3 is 0 Å². The Morgan fingerprint density at radius 2 is 2.04 bits per heavy atom. The molecule has 23 heavy (non-hydrogen) atoms. The maximum atomic E-state index is 2.48. The van der Waals surface area contributed by atoms with Gasteiger partial charge in [0.1, 0.15) is 0 Å². The van der Waals surface area contributed by atoms with E-state index in [-0.39, 0.29) is 5.41 Å². The molecule has 0 aliphatic heterocycles. The molecular weight excluding hydrogens is 391 g/mol. The Labute approximate surface area is 154 Å².